The number of hydrogen-bond acceptors (Lipinski definition) is 3. The highest BCUT2D eigenvalue weighted by atomic mass is 35.5. The highest BCUT2D eigenvalue weighted by Crippen LogP contribution is 2.04. The Morgan fingerprint density at radius 3 is 2.40 bits per heavy atom. The molecule has 4 nitrogen and oxygen atoms in total. The van der Waals surface area contributed by atoms with Gasteiger partial charge in [-0.25, -0.2) is 8.42 Å². The molecule has 6 heteroatoms. The molecule has 0 aromatic rings. The fraction of sp³-hybridized carbons (Fsp3) is 0.889. The van der Waals surface area contributed by atoms with Crippen LogP contribution in [0.3, 0.4) is 0 Å². The van der Waals surface area contributed by atoms with Gasteiger partial charge in [0.05, 0.1) is 5.38 Å². The smallest absolute Gasteiger partial charge is 0.238 e. The molecule has 90 valence electrons. The molecule has 1 amide bonds. The molecule has 0 aromatic heterocycles. The molecule has 1 N–H and O–H groups in total. The molecule has 0 bridgehead atoms. The lowest BCUT2D eigenvalue weighted by Gasteiger charge is -2.12. The summed E-state index contributed by atoms with van der Waals surface area (Å²) in [6.45, 7) is 3.68. The second kappa shape index (κ2) is 6.33. The Balaban J connectivity index is 4.05. The predicted molar refractivity (Wildman–Crippen MR) is 61.9 cm³/mol. The third-order valence-corrected chi connectivity index (χ3v) is 3.98. The molecule has 0 saturated carbocycles. The van der Waals surface area contributed by atoms with Crippen LogP contribution in [-0.2, 0) is 14.6 Å². The first kappa shape index (κ1) is 14.7. The SMILES string of the molecule is CCCC(Cl)CNC(=O)C(C)S(C)(=O)=O. The van der Waals surface area contributed by atoms with Gasteiger partial charge in [-0.3, -0.25) is 4.79 Å². The molecule has 0 fully saturated rings. The lowest BCUT2D eigenvalue weighted by Crippen LogP contribution is -2.39. The molecule has 2 atom stereocenters. The fourth-order valence-electron chi connectivity index (χ4n) is 0.965. The zero-order valence-corrected chi connectivity index (χ0v) is 10.9. The summed E-state index contributed by atoms with van der Waals surface area (Å²) >= 11 is 5.88. The van der Waals surface area contributed by atoms with Crippen molar-refractivity contribution in [1.29, 1.82) is 0 Å². The summed E-state index contributed by atoms with van der Waals surface area (Å²) < 4.78 is 22.1. The van der Waals surface area contributed by atoms with E-state index in [1.807, 2.05) is 6.92 Å². The van der Waals surface area contributed by atoms with Crippen molar-refractivity contribution in [2.45, 2.75) is 37.3 Å². The van der Waals surface area contributed by atoms with Crippen LogP contribution >= 0.6 is 11.6 Å². The van der Waals surface area contributed by atoms with E-state index in [2.05, 4.69) is 5.32 Å². The van der Waals surface area contributed by atoms with Crippen LogP contribution in [0.25, 0.3) is 0 Å². The van der Waals surface area contributed by atoms with Crippen molar-refractivity contribution in [1.82, 2.24) is 5.32 Å². The number of hydrogen-bond donors (Lipinski definition) is 1. The van der Waals surface area contributed by atoms with Gasteiger partial charge in [0.25, 0.3) is 0 Å². The van der Waals surface area contributed by atoms with Gasteiger partial charge in [-0.1, -0.05) is 13.3 Å². The highest BCUT2D eigenvalue weighted by molar-refractivity contribution is 7.92. The maximum Gasteiger partial charge on any atom is 0.238 e. The lowest BCUT2D eigenvalue weighted by atomic mass is 10.2. The monoisotopic (exact) mass is 255 g/mol. The Morgan fingerprint density at radius 2 is 2.00 bits per heavy atom. The Bertz CT molecular complexity index is 302. The standard InChI is InChI=1S/C9H18ClNO3S/c1-4-5-8(10)6-11-9(12)7(2)15(3,13)14/h7-8H,4-6H2,1-3H3,(H,11,12). The first-order valence-corrected chi connectivity index (χ1v) is 7.28. The third kappa shape index (κ3) is 5.99. The fourth-order valence-corrected chi connectivity index (χ4v) is 1.73. The van der Waals surface area contributed by atoms with Crippen LogP contribution < -0.4 is 5.32 Å². The quantitative estimate of drug-likeness (QED) is 0.719. The van der Waals surface area contributed by atoms with Crippen LogP contribution in [0.1, 0.15) is 26.7 Å². The van der Waals surface area contributed by atoms with Crippen LogP contribution in [0.2, 0.25) is 0 Å². The van der Waals surface area contributed by atoms with Gasteiger partial charge in [-0.05, 0) is 13.3 Å². The van der Waals surface area contributed by atoms with Crippen molar-refractivity contribution >= 4 is 27.3 Å². The lowest BCUT2D eigenvalue weighted by molar-refractivity contribution is -0.120. The van der Waals surface area contributed by atoms with Crippen molar-refractivity contribution in [2.24, 2.45) is 0 Å². The van der Waals surface area contributed by atoms with Gasteiger partial charge in [0.1, 0.15) is 5.25 Å². The number of nitrogens with one attached hydrogen (secondary N) is 1. The molecular weight excluding hydrogens is 238 g/mol. The average molecular weight is 256 g/mol. The van der Waals surface area contributed by atoms with Crippen LogP contribution in [0.15, 0.2) is 0 Å². The minimum Gasteiger partial charge on any atom is -0.354 e. The molecule has 0 aliphatic heterocycles. The molecule has 0 heterocycles. The summed E-state index contributed by atoms with van der Waals surface area (Å²) in [6.07, 6.45) is 2.78. The molecule has 0 aliphatic rings. The molecular formula is C9H18ClNO3S. The Morgan fingerprint density at radius 1 is 1.47 bits per heavy atom. The van der Waals surface area contributed by atoms with Gasteiger partial charge in [0.15, 0.2) is 9.84 Å². The zero-order chi connectivity index (χ0) is 12.1. The van der Waals surface area contributed by atoms with Gasteiger partial charge in [-0.15, -0.1) is 11.6 Å². The number of carbonyl (C=O) groups is 1. The maximum atomic E-state index is 11.3. The summed E-state index contributed by atoms with van der Waals surface area (Å²) in [5.41, 5.74) is 0. The molecule has 0 aromatic carbocycles. The molecule has 0 saturated heterocycles. The average Bonchev–Trinajstić information content (AvgIpc) is 2.12. The van der Waals surface area contributed by atoms with E-state index in [9.17, 15) is 13.2 Å². The minimum absolute atomic E-state index is 0.134. The topological polar surface area (TPSA) is 63.2 Å². The zero-order valence-electron chi connectivity index (χ0n) is 9.29. The van der Waals surface area contributed by atoms with Crippen molar-refractivity contribution < 1.29 is 13.2 Å². The number of rotatable bonds is 6. The van der Waals surface area contributed by atoms with Crippen molar-refractivity contribution in [3.8, 4) is 0 Å². The Kier molecular flexibility index (Phi) is 6.20. The van der Waals surface area contributed by atoms with E-state index in [0.717, 1.165) is 19.1 Å². The van der Waals surface area contributed by atoms with Gasteiger partial charge in [0.2, 0.25) is 5.91 Å². The van der Waals surface area contributed by atoms with Crippen molar-refractivity contribution in [2.75, 3.05) is 12.8 Å². The first-order valence-electron chi connectivity index (χ1n) is 4.89. The van der Waals surface area contributed by atoms with E-state index < -0.39 is 21.0 Å². The van der Waals surface area contributed by atoms with Gasteiger partial charge >= 0.3 is 0 Å². The minimum atomic E-state index is -3.32. The van der Waals surface area contributed by atoms with Crippen LogP contribution in [0.5, 0.6) is 0 Å². The van der Waals surface area contributed by atoms with Crippen LogP contribution in [-0.4, -0.2) is 37.8 Å². The van der Waals surface area contributed by atoms with Gasteiger partial charge in [-0.2, -0.15) is 0 Å². The highest BCUT2D eigenvalue weighted by Gasteiger charge is 2.23. The van der Waals surface area contributed by atoms with E-state index in [-0.39, 0.29) is 5.38 Å². The number of halogens is 1. The van der Waals surface area contributed by atoms with Crippen molar-refractivity contribution in [3.63, 3.8) is 0 Å². The maximum absolute atomic E-state index is 11.3. The molecule has 0 spiro atoms. The van der Waals surface area contributed by atoms with E-state index in [4.69, 9.17) is 11.6 Å². The number of alkyl halides is 1. The second-order valence-electron chi connectivity index (χ2n) is 3.60. The van der Waals surface area contributed by atoms with E-state index in [0.29, 0.717) is 6.54 Å². The molecule has 2 unspecified atom stereocenters. The predicted octanol–water partition coefficient (Wildman–Crippen LogP) is 0.943. The summed E-state index contributed by atoms with van der Waals surface area (Å²) in [6, 6.07) is 0. The molecule has 15 heavy (non-hydrogen) atoms. The van der Waals surface area contributed by atoms with E-state index >= 15 is 0 Å². The molecule has 0 radical (unpaired) electrons. The van der Waals surface area contributed by atoms with Crippen LogP contribution in [0.4, 0.5) is 0 Å². The molecule has 0 rings (SSSR count). The Labute approximate surface area is 96.3 Å². The summed E-state index contributed by atoms with van der Waals surface area (Å²) in [7, 11) is -3.32. The van der Waals surface area contributed by atoms with Gasteiger partial charge in [0, 0.05) is 12.8 Å². The first-order chi connectivity index (χ1) is 6.79. The number of amides is 1. The third-order valence-electron chi connectivity index (χ3n) is 2.11. The normalized spacial score (nSPS) is 15.7. The van der Waals surface area contributed by atoms with Gasteiger partial charge < -0.3 is 5.32 Å². The van der Waals surface area contributed by atoms with Crippen molar-refractivity contribution in [3.05, 3.63) is 0 Å². The Hall–Kier alpha value is -0.290. The molecule has 0 aliphatic carbocycles. The summed E-state index contributed by atoms with van der Waals surface area (Å²) in [5, 5.41) is 1.38. The number of sulfone groups is 1. The number of carbonyl (C=O) groups excluding carboxylic acids is 1. The van der Waals surface area contributed by atoms with E-state index in [1.54, 1.807) is 0 Å². The summed E-state index contributed by atoms with van der Waals surface area (Å²) in [4.78, 5) is 11.3. The second-order valence-corrected chi connectivity index (χ2v) is 6.59. The largest absolute Gasteiger partial charge is 0.354 e. The van der Waals surface area contributed by atoms with E-state index in [1.165, 1.54) is 6.92 Å². The van der Waals surface area contributed by atoms with Crippen LogP contribution in [0, 0.1) is 0 Å². The summed E-state index contributed by atoms with van der Waals surface area (Å²) in [5.74, 6) is -0.487.